The van der Waals surface area contributed by atoms with E-state index in [0.29, 0.717) is 38.2 Å². The highest BCUT2D eigenvalue weighted by atomic mass is 16.5. The zero-order valence-electron chi connectivity index (χ0n) is 17.9. The Hall–Kier alpha value is -2.64. The number of guanidine groups is 1. The molecule has 0 amide bonds. The van der Waals surface area contributed by atoms with E-state index < -0.39 is 0 Å². The summed E-state index contributed by atoms with van der Waals surface area (Å²) in [4.78, 5) is 11.1. The summed E-state index contributed by atoms with van der Waals surface area (Å²) in [7, 11) is 3.48. The first-order valence-corrected chi connectivity index (χ1v) is 10.4. The van der Waals surface area contributed by atoms with Crippen LogP contribution in [0.5, 0.6) is 5.88 Å². The molecule has 2 aromatic rings. The fraction of sp³-hybridized carbons (Fsp3) is 0.478. The molecule has 1 N–H and O–H groups in total. The van der Waals surface area contributed by atoms with Gasteiger partial charge in [-0.2, -0.15) is 0 Å². The summed E-state index contributed by atoms with van der Waals surface area (Å²) in [6.07, 6.45) is 2.84. The number of nitrogens with zero attached hydrogens (tertiary/aromatic N) is 3. The van der Waals surface area contributed by atoms with Gasteiger partial charge in [-0.05, 0) is 18.1 Å². The second-order valence-corrected chi connectivity index (χ2v) is 7.31. The third-order valence-electron chi connectivity index (χ3n) is 5.08. The van der Waals surface area contributed by atoms with Crippen LogP contribution in [0.15, 0.2) is 53.7 Å². The van der Waals surface area contributed by atoms with Crippen LogP contribution in [0.2, 0.25) is 0 Å². The van der Waals surface area contributed by atoms with Crippen molar-refractivity contribution in [1.82, 2.24) is 15.2 Å². The number of aromatic nitrogens is 1. The fourth-order valence-corrected chi connectivity index (χ4v) is 3.50. The molecule has 0 aliphatic carbocycles. The number of hydrogen-bond acceptors (Lipinski definition) is 5. The summed E-state index contributed by atoms with van der Waals surface area (Å²) in [6.45, 7) is 4.97. The summed E-state index contributed by atoms with van der Waals surface area (Å²) < 4.78 is 16.7. The number of aliphatic imine (C=N–C) groups is 1. The van der Waals surface area contributed by atoms with Crippen molar-refractivity contribution in [3.63, 3.8) is 0 Å². The first-order valence-electron chi connectivity index (χ1n) is 10.4. The molecule has 2 heterocycles. The van der Waals surface area contributed by atoms with E-state index in [2.05, 4.69) is 32.3 Å². The van der Waals surface area contributed by atoms with E-state index in [-0.39, 0.29) is 0 Å². The van der Waals surface area contributed by atoms with Crippen LogP contribution in [0.1, 0.15) is 17.5 Å². The minimum Gasteiger partial charge on any atom is -0.475 e. The van der Waals surface area contributed by atoms with Gasteiger partial charge in [-0.3, -0.25) is 4.99 Å². The van der Waals surface area contributed by atoms with Crippen molar-refractivity contribution in [1.29, 1.82) is 0 Å². The molecular weight excluding hydrogens is 380 g/mol. The molecule has 7 heteroatoms. The van der Waals surface area contributed by atoms with Gasteiger partial charge in [-0.15, -0.1) is 0 Å². The molecule has 0 saturated carbocycles. The average Bonchev–Trinajstić information content (AvgIpc) is 3.25. The Morgan fingerprint density at radius 1 is 1.20 bits per heavy atom. The topological polar surface area (TPSA) is 68.2 Å². The van der Waals surface area contributed by atoms with E-state index in [9.17, 15) is 0 Å². The summed E-state index contributed by atoms with van der Waals surface area (Å²) in [5.74, 6) is 2.04. The number of pyridine rings is 1. The second-order valence-electron chi connectivity index (χ2n) is 7.31. The molecule has 1 fully saturated rings. The van der Waals surface area contributed by atoms with Gasteiger partial charge in [0.15, 0.2) is 5.96 Å². The molecule has 30 heavy (non-hydrogen) atoms. The maximum Gasteiger partial charge on any atom is 0.218 e. The highest BCUT2D eigenvalue weighted by Crippen LogP contribution is 2.18. The molecule has 1 saturated heterocycles. The van der Waals surface area contributed by atoms with Crippen molar-refractivity contribution in [3.05, 3.63) is 59.8 Å². The molecule has 1 atom stereocenters. The molecule has 1 aromatic carbocycles. The molecule has 1 aliphatic rings. The number of benzene rings is 1. The van der Waals surface area contributed by atoms with Gasteiger partial charge in [0, 0.05) is 51.5 Å². The van der Waals surface area contributed by atoms with E-state index in [4.69, 9.17) is 14.2 Å². The Bertz CT molecular complexity index is 785. The van der Waals surface area contributed by atoms with Gasteiger partial charge in [-0.25, -0.2) is 4.98 Å². The normalized spacial score (nSPS) is 16.7. The number of nitrogens with one attached hydrogen (secondary N) is 1. The van der Waals surface area contributed by atoms with Gasteiger partial charge in [0.25, 0.3) is 0 Å². The van der Waals surface area contributed by atoms with Crippen molar-refractivity contribution in [2.24, 2.45) is 10.9 Å². The predicted molar refractivity (Wildman–Crippen MR) is 118 cm³/mol. The van der Waals surface area contributed by atoms with Crippen LogP contribution in [-0.4, -0.2) is 62.9 Å². The van der Waals surface area contributed by atoms with Crippen molar-refractivity contribution in [3.8, 4) is 5.88 Å². The van der Waals surface area contributed by atoms with Crippen LogP contribution in [0.4, 0.5) is 0 Å². The van der Waals surface area contributed by atoms with Crippen molar-refractivity contribution in [2.75, 3.05) is 47.1 Å². The Morgan fingerprint density at radius 3 is 2.87 bits per heavy atom. The standard InChI is InChI=1S/C23H32N4O3/c1-24-23(26-15-21-9-6-11-25-22(21)30-14-13-28-2)27-12-10-20(16-27)18-29-17-19-7-4-3-5-8-19/h3-9,11,20H,10,12-18H2,1-2H3,(H,24,26). The van der Waals surface area contributed by atoms with Crippen LogP contribution in [0.25, 0.3) is 0 Å². The average molecular weight is 413 g/mol. The Kier molecular flexibility index (Phi) is 8.93. The molecule has 162 valence electrons. The zero-order valence-corrected chi connectivity index (χ0v) is 17.9. The smallest absolute Gasteiger partial charge is 0.218 e. The number of methoxy groups -OCH3 is 1. The molecule has 1 aliphatic heterocycles. The first kappa shape index (κ1) is 22.1. The van der Waals surface area contributed by atoms with Gasteiger partial charge in [0.1, 0.15) is 6.61 Å². The van der Waals surface area contributed by atoms with E-state index in [0.717, 1.165) is 37.6 Å². The third-order valence-corrected chi connectivity index (χ3v) is 5.08. The zero-order chi connectivity index (χ0) is 21.0. The Labute approximate surface area is 179 Å². The van der Waals surface area contributed by atoms with Crippen molar-refractivity contribution < 1.29 is 14.2 Å². The van der Waals surface area contributed by atoms with Gasteiger partial charge in [-0.1, -0.05) is 36.4 Å². The summed E-state index contributed by atoms with van der Waals surface area (Å²) in [5, 5.41) is 3.44. The lowest BCUT2D eigenvalue weighted by molar-refractivity contribution is 0.0906. The van der Waals surface area contributed by atoms with E-state index in [1.54, 1.807) is 13.3 Å². The number of likely N-dealkylation sites (tertiary alicyclic amines) is 1. The van der Waals surface area contributed by atoms with Crippen molar-refractivity contribution in [2.45, 2.75) is 19.6 Å². The molecule has 0 spiro atoms. The van der Waals surface area contributed by atoms with E-state index >= 15 is 0 Å². The molecule has 1 unspecified atom stereocenters. The number of rotatable bonds is 10. The molecule has 0 bridgehead atoms. The molecule has 3 rings (SSSR count). The van der Waals surface area contributed by atoms with Crippen LogP contribution in [0.3, 0.4) is 0 Å². The van der Waals surface area contributed by atoms with Crippen LogP contribution in [0, 0.1) is 5.92 Å². The summed E-state index contributed by atoms with van der Waals surface area (Å²) in [6, 6.07) is 14.2. The summed E-state index contributed by atoms with van der Waals surface area (Å²) in [5.41, 5.74) is 2.21. The first-order chi connectivity index (χ1) is 14.8. The SMILES string of the molecule is CN=C(NCc1cccnc1OCCOC)N1CCC(COCc2ccccc2)C1. The summed E-state index contributed by atoms with van der Waals surface area (Å²) >= 11 is 0. The van der Waals surface area contributed by atoms with Gasteiger partial charge in [0.2, 0.25) is 5.88 Å². The molecular formula is C23H32N4O3. The third kappa shape index (κ3) is 6.71. The minimum absolute atomic E-state index is 0.478. The monoisotopic (exact) mass is 412 g/mol. The Morgan fingerprint density at radius 2 is 2.07 bits per heavy atom. The lowest BCUT2D eigenvalue weighted by Gasteiger charge is -2.22. The fourth-order valence-electron chi connectivity index (χ4n) is 3.50. The highest BCUT2D eigenvalue weighted by molar-refractivity contribution is 5.80. The van der Waals surface area contributed by atoms with E-state index in [1.165, 1.54) is 5.56 Å². The van der Waals surface area contributed by atoms with Gasteiger partial charge < -0.3 is 24.4 Å². The van der Waals surface area contributed by atoms with Crippen LogP contribution >= 0.6 is 0 Å². The van der Waals surface area contributed by atoms with Crippen LogP contribution < -0.4 is 10.1 Å². The quantitative estimate of drug-likeness (QED) is 0.368. The minimum atomic E-state index is 0.478. The second kappa shape index (κ2) is 12.1. The largest absolute Gasteiger partial charge is 0.475 e. The van der Waals surface area contributed by atoms with Gasteiger partial charge >= 0.3 is 0 Å². The van der Waals surface area contributed by atoms with Gasteiger partial charge in [0.05, 0.1) is 19.8 Å². The molecule has 7 nitrogen and oxygen atoms in total. The van der Waals surface area contributed by atoms with Crippen molar-refractivity contribution >= 4 is 5.96 Å². The van der Waals surface area contributed by atoms with E-state index in [1.807, 2.05) is 37.4 Å². The lowest BCUT2D eigenvalue weighted by Crippen LogP contribution is -2.40. The maximum absolute atomic E-state index is 5.94. The maximum atomic E-state index is 5.94. The molecule has 0 radical (unpaired) electrons. The lowest BCUT2D eigenvalue weighted by atomic mass is 10.1. The highest BCUT2D eigenvalue weighted by Gasteiger charge is 2.25. The van der Waals surface area contributed by atoms with Crippen LogP contribution in [-0.2, 0) is 22.6 Å². The molecule has 1 aromatic heterocycles. The number of ether oxygens (including phenoxy) is 3. The Balaban J connectivity index is 1.44. The number of hydrogen-bond donors (Lipinski definition) is 1. The predicted octanol–water partition coefficient (Wildman–Crippen LogP) is 2.72.